The molecule has 2 rings (SSSR count). The molecule has 3 N–H and O–H groups in total. The number of anilines is 1. The summed E-state index contributed by atoms with van der Waals surface area (Å²) in [6.07, 6.45) is -8.69. The molecule has 24 heavy (non-hydrogen) atoms. The maximum absolute atomic E-state index is 12.9. The van der Waals surface area contributed by atoms with Crippen LogP contribution in [-0.2, 0) is 15.8 Å². The Morgan fingerprint density at radius 1 is 1.33 bits per heavy atom. The van der Waals surface area contributed by atoms with Crippen molar-refractivity contribution in [2.24, 2.45) is 0 Å². The summed E-state index contributed by atoms with van der Waals surface area (Å²) in [7, 11) is 0.910. The number of likely N-dealkylation sites (N-methyl/N-ethyl adjacent to an activating group) is 1. The van der Waals surface area contributed by atoms with Crippen LogP contribution in [0.5, 0.6) is 0 Å². The molecule has 0 aliphatic carbocycles. The van der Waals surface area contributed by atoms with Crippen LogP contribution in [0.4, 0.5) is 19.0 Å². The fourth-order valence-corrected chi connectivity index (χ4v) is 2.39. The predicted molar refractivity (Wildman–Crippen MR) is 71.8 cm³/mol. The maximum Gasteiger partial charge on any atom is 0.416 e. The summed E-state index contributed by atoms with van der Waals surface area (Å²) in [6.45, 7) is 1.25. The third kappa shape index (κ3) is 3.05. The van der Waals surface area contributed by atoms with Crippen LogP contribution in [0.25, 0.3) is 0 Å². The van der Waals surface area contributed by atoms with Crippen molar-refractivity contribution in [2.45, 2.75) is 31.3 Å². The zero-order valence-electron chi connectivity index (χ0n) is 12.5. The third-order valence-electron chi connectivity index (χ3n) is 3.50. The molecule has 2 amide bonds. The molecule has 1 fully saturated rings. The van der Waals surface area contributed by atoms with Gasteiger partial charge in [-0.2, -0.15) is 13.2 Å². The van der Waals surface area contributed by atoms with E-state index in [0.29, 0.717) is 11.0 Å². The van der Waals surface area contributed by atoms with Gasteiger partial charge >= 0.3 is 6.18 Å². The summed E-state index contributed by atoms with van der Waals surface area (Å²) < 4.78 is 38.8. The topological polar surface area (TPSA) is 114 Å². The Morgan fingerprint density at radius 2 is 1.92 bits per heavy atom. The average Bonchev–Trinajstić information content (AvgIpc) is 2.69. The van der Waals surface area contributed by atoms with Gasteiger partial charge in [-0.05, 0) is 19.1 Å². The zero-order valence-corrected chi connectivity index (χ0v) is 12.5. The molecule has 1 aromatic rings. The van der Waals surface area contributed by atoms with Crippen molar-refractivity contribution >= 4 is 17.6 Å². The maximum atomic E-state index is 12.9. The molecule has 0 saturated carbocycles. The molecule has 3 unspecified atom stereocenters. The van der Waals surface area contributed by atoms with Gasteiger partial charge in [0.2, 0.25) is 0 Å². The fourth-order valence-electron chi connectivity index (χ4n) is 2.39. The lowest BCUT2D eigenvalue weighted by atomic mass is 10.1. The van der Waals surface area contributed by atoms with Crippen molar-refractivity contribution in [2.75, 3.05) is 11.9 Å². The number of aliphatic hydroxyl groups is 2. The minimum absolute atomic E-state index is 0.0622. The van der Waals surface area contributed by atoms with Crippen LogP contribution in [0.2, 0.25) is 0 Å². The standard InChI is InChI=1S/C13H14F3N3O5/c1-5-3-6(13(14,15)16)4-7(17-5)19-8(11(22)18(2)24)9(20)10(21)12(19)23/h3-4,8-10,20-21,24H,1-2H3. The molecule has 0 spiro atoms. The van der Waals surface area contributed by atoms with Gasteiger partial charge in [-0.25, -0.2) is 10.0 Å². The molecular formula is C13H14F3N3O5. The Labute approximate surface area is 133 Å². The van der Waals surface area contributed by atoms with Crippen molar-refractivity contribution < 1.29 is 38.2 Å². The molecular weight excluding hydrogens is 335 g/mol. The Bertz CT molecular complexity index is 679. The second kappa shape index (κ2) is 6.00. The molecule has 0 radical (unpaired) electrons. The van der Waals surface area contributed by atoms with Crippen LogP contribution >= 0.6 is 0 Å². The van der Waals surface area contributed by atoms with Gasteiger partial charge in [-0.15, -0.1) is 0 Å². The van der Waals surface area contributed by atoms with Crippen molar-refractivity contribution in [3.63, 3.8) is 0 Å². The molecule has 3 atom stereocenters. The molecule has 2 heterocycles. The number of halogens is 3. The second-order valence-corrected chi connectivity index (χ2v) is 5.30. The summed E-state index contributed by atoms with van der Waals surface area (Å²) in [4.78, 5) is 28.2. The van der Waals surface area contributed by atoms with Gasteiger partial charge in [-0.1, -0.05) is 0 Å². The van der Waals surface area contributed by atoms with Crippen LogP contribution < -0.4 is 4.90 Å². The van der Waals surface area contributed by atoms with Gasteiger partial charge in [0.25, 0.3) is 11.8 Å². The van der Waals surface area contributed by atoms with E-state index in [2.05, 4.69) is 4.98 Å². The van der Waals surface area contributed by atoms with Gasteiger partial charge in [0.15, 0.2) is 6.10 Å². The number of rotatable bonds is 2. The minimum Gasteiger partial charge on any atom is -0.387 e. The first-order chi connectivity index (χ1) is 10.9. The van der Waals surface area contributed by atoms with Crippen molar-refractivity contribution in [1.29, 1.82) is 0 Å². The molecule has 1 aromatic heterocycles. The summed E-state index contributed by atoms with van der Waals surface area (Å²) >= 11 is 0. The van der Waals surface area contributed by atoms with E-state index in [0.717, 1.165) is 13.1 Å². The molecule has 11 heteroatoms. The van der Waals surface area contributed by atoms with E-state index in [1.807, 2.05) is 0 Å². The number of carbonyl (C=O) groups excluding carboxylic acids is 2. The first-order valence-corrected chi connectivity index (χ1v) is 6.66. The second-order valence-electron chi connectivity index (χ2n) is 5.30. The van der Waals surface area contributed by atoms with Crippen molar-refractivity contribution in [3.8, 4) is 0 Å². The highest BCUT2D eigenvalue weighted by atomic mass is 19.4. The third-order valence-corrected chi connectivity index (χ3v) is 3.50. The largest absolute Gasteiger partial charge is 0.416 e. The first kappa shape index (κ1) is 18.1. The first-order valence-electron chi connectivity index (χ1n) is 6.66. The number of hydroxylamine groups is 2. The number of nitrogens with zero attached hydrogens (tertiary/aromatic N) is 3. The van der Waals surface area contributed by atoms with Crippen LogP contribution in [-0.4, -0.2) is 62.6 Å². The van der Waals surface area contributed by atoms with Gasteiger partial charge in [-0.3, -0.25) is 19.7 Å². The summed E-state index contributed by atoms with van der Waals surface area (Å²) in [5.41, 5.74) is -1.20. The number of alkyl halides is 3. The van der Waals surface area contributed by atoms with Crippen molar-refractivity contribution in [3.05, 3.63) is 23.4 Å². The zero-order chi connectivity index (χ0) is 18.4. The van der Waals surface area contributed by atoms with E-state index < -0.39 is 47.6 Å². The van der Waals surface area contributed by atoms with Gasteiger partial charge in [0.05, 0.1) is 5.56 Å². The highest BCUT2D eigenvalue weighted by Gasteiger charge is 2.52. The lowest BCUT2D eigenvalue weighted by molar-refractivity contribution is -0.163. The lowest BCUT2D eigenvalue weighted by Crippen LogP contribution is -2.49. The van der Waals surface area contributed by atoms with E-state index in [1.54, 1.807) is 0 Å². The van der Waals surface area contributed by atoms with Crippen LogP contribution in [0, 0.1) is 6.92 Å². The summed E-state index contributed by atoms with van der Waals surface area (Å²) in [5.74, 6) is -2.96. The number of hydrogen-bond acceptors (Lipinski definition) is 6. The number of carbonyl (C=O) groups is 2. The van der Waals surface area contributed by atoms with Crippen LogP contribution in [0.1, 0.15) is 11.3 Å². The lowest BCUT2D eigenvalue weighted by Gasteiger charge is -2.26. The number of aliphatic hydroxyl groups excluding tert-OH is 2. The highest BCUT2D eigenvalue weighted by Crippen LogP contribution is 2.34. The average molecular weight is 349 g/mol. The molecule has 1 aliphatic rings. The fraction of sp³-hybridized carbons (Fsp3) is 0.462. The van der Waals surface area contributed by atoms with E-state index in [9.17, 15) is 38.2 Å². The molecule has 132 valence electrons. The Morgan fingerprint density at radius 3 is 2.42 bits per heavy atom. The predicted octanol–water partition coefficient (Wildman–Crippen LogP) is -0.307. The van der Waals surface area contributed by atoms with E-state index in [1.165, 1.54) is 6.92 Å². The molecule has 1 aliphatic heterocycles. The Hall–Kier alpha value is -2.24. The number of pyridine rings is 1. The van der Waals surface area contributed by atoms with Gasteiger partial charge < -0.3 is 10.2 Å². The van der Waals surface area contributed by atoms with Gasteiger partial charge in [0, 0.05) is 12.7 Å². The van der Waals surface area contributed by atoms with E-state index in [4.69, 9.17) is 0 Å². The number of amides is 2. The smallest absolute Gasteiger partial charge is 0.387 e. The number of aryl methyl sites for hydroxylation is 1. The van der Waals surface area contributed by atoms with Gasteiger partial charge in [0.1, 0.15) is 18.0 Å². The van der Waals surface area contributed by atoms with Crippen molar-refractivity contribution in [1.82, 2.24) is 10.0 Å². The van der Waals surface area contributed by atoms with Crippen LogP contribution in [0.3, 0.4) is 0 Å². The summed E-state index contributed by atoms with van der Waals surface area (Å²) in [5, 5.41) is 28.8. The molecule has 0 aromatic carbocycles. The number of hydrogen-bond donors (Lipinski definition) is 3. The SMILES string of the molecule is Cc1cc(C(F)(F)F)cc(N2C(=O)C(O)C(O)C2C(=O)N(C)O)n1. The minimum atomic E-state index is -4.73. The highest BCUT2D eigenvalue weighted by molar-refractivity contribution is 6.06. The monoisotopic (exact) mass is 349 g/mol. The molecule has 8 nitrogen and oxygen atoms in total. The summed E-state index contributed by atoms with van der Waals surface area (Å²) in [6, 6.07) is -0.544. The Balaban J connectivity index is 2.57. The molecule has 1 saturated heterocycles. The van der Waals surface area contributed by atoms with E-state index >= 15 is 0 Å². The Kier molecular flexibility index (Phi) is 4.52. The van der Waals surface area contributed by atoms with E-state index in [-0.39, 0.29) is 10.8 Å². The van der Waals surface area contributed by atoms with Crippen LogP contribution in [0.15, 0.2) is 12.1 Å². The number of aromatic nitrogens is 1. The normalized spacial score (nSPS) is 24.4. The molecule has 0 bridgehead atoms. The quantitative estimate of drug-likeness (QED) is 0.499.